The van der Waals surface area contributed by atoms with Crippen LogP contribution in [0.1, 0.15) is 37.8 Å². The number of aromatic nitrogens is 1. The SMILES string of the molecule is CN=C(NCc1ccccn1)NCC1(N2CCSCC2)CCCCC1.I. The first kappa shape index (κ1) is 21.8. The van der Waals surface area contributed by atoms with Gasteiger partial charge in [-0.2, -0.15) is 11.8 Å². The van der Waals surface area contributed by atoms with Gasteiger partial charge in [0.2, 0.25) is 0 Å². The lowest BCUT2D eigenvalue weighted by Gasteiger charge is -2.48. The maximum Gasteiger partial charge on any atom is 0.191 e. The van der Waals surface area contributed by atoms with Gasteiger partial charge in [-0.25, -0.2) is 0 Å². The predicted molar refractivity (Wildman–Crippen MR) is 123 cm³/mol. The van der Waals surface area contributed by atoms with Crippen LogP contribution >= 0.6 is 35.7 Å². The first-order valence-electron chi connectivity index (χ1n) is 9.50. The molecule has 2 fully saturated rings. The largest absolute Gasteiger partial charge is 0.355 e. The molecule has 7 heteroatoms. The smallest absolute Gasteiger partial charge is 0.191 e. The minimum absolute atomic E-state index is 0. The zero-order valence-electron chi connectivity index (χ0n) is 15.7. The van der Waals surface area contributed by atoms with Gasteiger partial charge in [-0.3, -0.25) is 14.9 Å². The second-order valence-corrected chi connectivity index (χ2v) is 8.21. The minimum atomic E-state index is 0. The van der Waals surface area contributed by atoms with E-state index in [-0.39, 0.29) is 24.0 Å². The quantitative estimate of drug-likeness (QED) is 0.378. The van der Waals surface area contributed by atoms with E-state index in [2.05, 4.69) is 37.3 Å². The number of hydrogen-bond acceptors (Lipinski definition) is 4. The van der Waals surface area contributed by atoms with Crippen molar-refractivity contribution in [2.24, 2.45) is 4.99 Å². The first-order chi connectivity index (χ1) is 12.3. The Kier molecular flexibility index (Phi) is 9.49. The molecule has 0 aromatic carbocycles. The number of halogens is 1. The first-order valence-corrected chi connectivity index (χ1v) is 10.7. The summed E-state index contributed by atoms with van der Waals surface area (Å²) in [6, 6.07) is 6.00. The summed E-state index contributed by atoms with van der Waals surface area (Å²) in [7, 11) is 1.85. The fourth-order valence-electron chi connectivity index (χ4n) is 4.00. The Bertz CT molecular complexity index is 542. The molecular weight excluding hydrogens is 457 g/mol. The van der Waals surface area contributed by atoms with E-state index in [1.807, 2.05) is 31.4 Å². The molecule has 0 spiro atoms. The maximum absolute atomic E-state index is 4.41. The van der Waals surface area contributed by atoms with E-state index < -0.39 is 0 Å². The Balaban J connectivity index is 0.00000243. The van der Waals surface area contributed by atoms with Crippen molar-refractivity contribution in [2.75, 3.05) is 38.2 Å². The highest BCUT2D eigenvalue weighted by Gasteiger charge is 2.38. The summed E-state index contributed by atoms with van der Waals surface area (Å²) in [5, 5.41) is 7.01. The Morgan fingerprint density at radius 2 is 1.96 bits per heavy atom. The minimum Gasteiger partial charge on any atom is -0.355 e. The van der Waals surface area contributed by atoms with E-state index in [4.69, 9.17) is 0 Å². The van der Waals surface area contributed by atoms with E-state index >= 15 is 0 Å². The lowest BCUT2D eigenvalue weighted by Crippen LogP contribution is -2.59. The second-order valence-electron chi connectivity index (χ2n) is 6.98. The Morgan fingerprint density at radius 1 is 1.19 bits per heavy atom. The average molecular weight is 489 g/mol. The van der Waals surface area contributed by atoms with Gasteiger partial charge in [0, 0.05) is 49.9 Å². The molecule has 0 amide bonds. The summed E-state index contributed by atoms with van der Waals surface area (Å²) < 4.78 is 0. The van der Waals surface area contributed by atoms with Crippen molar-refractivity contribution in [3.63, 3.8) is 0 Å². The molecule has 2 heterocycles. The van der Waals surface area contributed by atoms with Gasteiger partial charge in [0.1, 0.15) is 0 Å². The fraction of sp³-hybridized carbons (Fsp3) is 0.684. The molecule has 1 aliphatic carbocycles. The normalized spacial score (nSPS) is 20.9. The van der Waals surface area contributed by atoms with Crippen LogP contribution in [0.25, 0.3) is 0 Å². The Morgan fingerprint density at radius 3 is 2.62 bits per heavy atom. The van der Waals surface area contributed by atoms with Gasteiger partial charge in [0.15, 0.2) is 5.96 Å². The molecule has 2 aliphatic rings. The number of nitrogens with one attached hydrogen (secondary N) is 2. The van der Waals surface area contributed by atoms with Crippen LogP contribution in [0.2, 0.25) is 0 Å². The van der Waals surface area contributed by atoms with Gasteiger partial charge in [-0.05, 0) is 25.0 Å². The Labute approximate surface area is 179 Å². The van der Waals surface area contributed by atoms with Gasteiger partial charge in [-0.1, -0.05) is 25.3 Å². The molecule has 1 saturated carbocycles. The number of hydrogen-bond donors (Lipinski definition) is 2. The highest BCUT2D eigenvalue weighted by molar-refractivity contribution is 14.0. The van der Waals surface area contributed by atoms with Crippen molar-refractivity contribution in [1.29, 1.82) is 0 Å². The number of guanidine groups is 1. The van der Waals surface area contributed by atoms with Crippen LogP contribution in [-0.4, -0.2) is 59.6 Å². The molecule has 5 nitrogen and oxygen atoms in total. The van der Waals surface area contributed by atoms with Crippen LogP contribution in [0.15, 0.2) is 29.4 Å². The van der Waals surface area contributed by atoms with Crippen LogP contribution in [0.4, 0.5) is 0 Å². The molecule has 1 aromatic heterocycles. The summed E-state index contributed by atoms with van der Waals surface area (Å²) in [6.45, 7) is 4.14. The van der Waals surface area contributed by atoms with Crippen LogP contribution < -0.4 is 10.6 Å². The number of rotatable bonds is 5. The Hall–Kier alpha value is -0.540. The highest BCUT2D eigenvalue weighted by atomic mass is 127. The molecular formula is C19H32IN5S. The molecule has 0 unspecified atom stereocenters. The van der Waals surface area contributed by atoms with Crippen LogP contribution in [0.5, 0.6) is 0 Å². The predicted octanol–water partition coefficient (Wildman–Crippen LogP) is 3.12. The van der Waals surface area contributed by atoms with Gasteiger partial charge in [0.05, 0.1) is 12.2 Å². The van der Waals surface area contributed by atoms with Crippen LogP contribution in [-0.2, 0) is 6.54 Å². The fourth-order valence-corrected chi connectivity index (χ4v) is 4.90. The third kappa shape index (κ3) is 5.99. The summed E-state index contributed by atoms with van der Waals surface area (Å²) in [5.41, 5.74) is 1.34. The summed E-state index contributed by atoms with van der Waals surface area (Å²) >= 11 is 2.09. The topological polar surface area (TPSA) is 52.6 Å². The molecule has 26 heavy (non-hydrogen) atoms. The number of pyridine rings is 1. The van der Waals surface area contributed by atoms with Crippen molar-refractivity contribution in [2.45, 2.75) is 44.2 Å². The third-order valence-electron chi connectivity index (χ3n) is 5.44. The zero-order chi connectivity index (χ0) is 17.4. The van der Waals surface area contributed by atoms with Crippen molar-refractivity contribution < 1.29 is 0 Å². The number of thioether (sulfide) groups is 1. The summed E-state index contributed by atoms with van der Waals surface area (Å²) in [4.78, 5) is 11.5. The van der Waals surface area contributed by atoms with Crippen LogP contribution in [0.3, 0.4) is 0 Å². The summed E-state index contributed by atoms with van der Waals surface area (Å²) in [6.07, 6.45) is 8.54. The molecule has 0 radical (unpaired) electrons. The molecule has 1 saturated heterocycles. The number of nitrogens with zero attached hydrogens (tertiary/aromatic N) is 3. The van der Waals surface area contributed by atoms with Crippen molar-refractivity contribution >= 4 is 41.7 Å². The van der Waals surface area contributed by atoms with Gasteiger partial charge >= 0.3 is 0 Å². The summed E-state index contributed by atoms with van der Waals surface area (Å²) in [5.74, 6) is 3.42. The monoisotopic (exact) mass is 489 g/mol. The van der Waals surface area contributed by atoms with Gasteiger partial charge in [0.25, 0.3) is 0 Å². The van der Waals surface area contributed by atoms with E-state index in [1.54, 1.807) is 0 Å². The molecule has 146 valence electrons. The van der Waals surface area contributed by atoms with Gasteiger partial charge < -0.3 is 10.6 Å². The van der Waals surface area contributed by atoms with Gasteiger partial charge in [-0.15, -0.1) is 24.0 Å². The molecule has 1 aromatic rings. The van der Waals surface area contributed by atoms with Crippen molar-refractivity contribution in [3.8, 4) is 0 Å². The maximum atomic E-state index is 4.41. The molecule has 2 N–H and O–H groups in total. The van der Waals surface area contributed by atoms with E-state index in [1.165, 1.54) is 56.7 Å². The standard InChI is InChI=1S/C19H31N5S.HI/c1-20-18(22-15-17-7-3-6-10-21-17)23-16-19(8-4-2-5-9-19)24-11-13-25-14-12-24;/h3,6-7,10H,2,4-5,8-9,11-16H2,1H3,(H2,20,22,23);1H. The molecule has 3 rings (SSSR count). The van der Waals surface area contributed by atoms with Crippen molar-refractivity contribution in [3.05, 3.63) is 30.1 Å². The lowest BCUT2D eigenvalue weighted by molar-refractivity contribution is 0.0626. The molecule has 1 aliphatic heterocycles. The van der Waals surface area contributed by atoms with E-state index in [0.717, 1.165) is 18.2 Å². The third-order valence-corrected chi connectivity index (χ3v) is 6.38. The van der Waals surface area contributed by atoms with E-state index in [0.29, 0.717) is 12.1 Å². The van der Waals surface area contributed by atoms with Crippen molar-refractivity contribution in [1.82, 2.24) is 20.5 Å². The average Bonchev–Trinajstić information content (AvgIpc) is 2.70. The highest BCUT2D eigenvalue weighted by Crippen LogP contribution is 2.34. The van der Waals surface area contributed by atoms with Crippen LogP contribution in [0, 0.1) is 0 Å². The molecule has 0 atom stereocenters. The lowest BCUT2D eigenvalue weighted by atomic mass is 9.80. The number of aliphatic imine (C=N–C) groups is 1. The van der Waals surface area contributed by atoms with E-state index in [9.17, 15) is 0 Å². The second kappa shape index (κ2) is 11.3. The molecule has 0 bridgehead atoms. The zero-order valence-corrected chi connectivity index (χ0v) is 18.9.